The van der Waals surface area contributed by atoms with E-state index in [1.54, 1.807) is 18.2 Å². The summed E-state index contributed by atoms with van der Waals surface area (Å²) in [5.41, 5.74) is 3.86. The van der Waals surface area contributed by atoms with Gasteiger partial charge in [-0.05, 0) is 31.0 Å². The lowest BCUT2D eigenvalue weighted by Crippen LogP contribution is -2.06. The molecule has 0 aliphatic carbocycles. The summed E-state index contributed by atoms with van der Waals surface area (Å²) in [5.74, 6) is -0.718. The molecule has 0 saturated heterocycles. The Morgan fingerprint density at radius 3 is 2.77 bits per heavy atom. The number of carboxylic acids is 1. The van der Waals surface area contributed by atoms with E-state index in [1.165, 1.54) is 6.07 Å². The summed E-state index contributed by atoms with van der Waals surface area (Å²) < 4.78 is 31.7. The molecular weight excluding hydrogens is 342 g/mol. The molecule has 3 rings (SSSR count). The van der Waals surface area contributed by atoms with Gasteiger partial charge in [0.15, 0.2) is 0 Å². The van der Waals surface area contributed by atoms with Crippen LogP contribution in [0.15, 0.2) is 42.6 Å². The third-order valence-electron chi connectivity index (χ3n) is 4.15. The first-order valence-corrected chi connectivity index (χ1v) is 8.15. The zero-order chi connectivity index (χ0) is 18.7. The molecule has 1 aromatic carbocycles. The number of alkyl halides is 2. The Labute approximate surface area is 148 Å². The van der Waals surface area contributed by atoms with Crippen molar-refractivity contribution in [3.63, 3.8) is 0 Å². The summed E-state index contributed by atoms with van der Waals surface area (Å²) in [6, 6.07) is 10.3. The molecule has 1 N–H and O–H groups in total. The number of fused-ring (bicyclic) bond motifs is 1. The van der Waals surface area contributed by atoms with E-state index in [2.05, 4.69) is 9.72 Å². The molecule has 0 fully saturated rings. The van der Waals surface area contributed by atoms with E-state index in [-0.39, 0.29) is 12.2 Å². The summed E-state index contributed by atoms with van der Waals surface area (Å²) in [6.45, 7) is -1.03. The molecule has 0 aliphatic heterocycles. The third-order valence-corrected chi connectivity index (χ3v) is 4.15. The summed E-state index contributed by atoms with van der Waals surface area (Å²) in [7, 11) is 0. The molecule has 26 heavy (non-hydrogen) atoms. The lowest BCUT2D eigenvalue weighted by molar-refractivity contribution is -0.136. The Bertz CT molecular complexity index is 938. The van der Waals surface area contributed by atoms with Gasteiger partial charge in [-0.15, -0.1) is 0 Å². The predicted octanol–water partition coefficient (Wildman–Crippen LogP) is 3.85. The fourth-order valence-corrected chi connectivity index (χ4v) is 2.91. The number of hydrogen-bond acceptors (Lipinski definition) is 3. The van der Waals surface area contributed by atoms with Crippen LogP contribution in [0.3, 0.4) is 0 Å². The van der Waals surface area contributed by atoms with Crippen molar-refractivity contribution in [2.24, 2.45) is 0 Å². The standard InChI is InChI=1S/C19H18F2N2O3/c1-12-15(10-14-4-2-3-5-16(14)26-19(20)21)23-11-13(7-9-18(24)25)6-8-17(23)22-12/h2-6,8,11,19H,7,9-10H2,1H3,(H,24,25). The molecule has 0 saturated carbocycles. The van der Waals surface area contributed by atoms with Gasteiger partial charge in [-0.2, -0.15) is 8.78 Å². The number of aryl methyl sites for hydroxylation is 2. The Kier molecular flexibility index (Phi) is 5.16. The maximum atomic E-state index is 12.6. The second-order valence-electron chi connectivity index (χ2n) is 5.97. The van der Waals surface area contributed by atoms with Crippen LogP contribution >= 0.6 is 0 Å². The number of imidazole rings is 1. The van der Waals surface area contributed by atoms with Gasteiger partial charge in [0.2, 0.25) is 0 Å². The summed E-state index contributed by atoms with van der Waals surface area (Å²) in [5, 5.41) is 8.85. The van der Waals surface area contributed by atoms with E-state index in [0.29, 0.717) is 18.4 Å². The lowest BCUT2D eigenvalue weighted by atomic mass is 10.1. The first kappa shape index (κ1) is 17.8. The number of carbonyl (C=O) groups is 1. The largest absolute Gasteiger partial charge is 0.481 e. The van der Waals surface area contributed by atoms with Crippen molar-refractivity contribution >= 4 is 11.6 Å². The Morgan fingerprint density at radius 1 is 1.27 bits per heavy atom. The highest BCUT2D eigenvalue weighted by atomic mass is 19.3. The van der Waals surface area contributed by atoms with Gasteiger partial charge in [0, 0.05) is 30.3 Å². The molecule has 5 nitrogen and oxygen atoms in total. The van der Waals surface area contributed by atoms with Crippen molar-refractivity contribution in [2.75, 3.05) is 0 Å². The number of aromatic nitrogens is 2. The van der Waals surface area contributed by atoms with Crippen molar-refractivity contribution in [2.45, 2.75) is 32.8 Å². The van der Waals surface area contributed by atoms with Gasteiger partial charge in [0.25, 0.3) is 0 Å². The van der Waals surface area contributed by atoms with Gasteiger partial charge in [-0.3, -0.25) is 4.79 Å². The van der Waals surface area contributed by atoms with Crippen LogP contribution in [0.25, 0.3) is 5.65 Å². The molecule has 3 aromatic rings. The number of rotatable bonds is 7. The van der Waals surface area contributed by atoms with Crippen LogP contribution in [-0.4, -0.2) is 27.1 Å². The van der Waals surface area contributed by atoms with Gasteiger partial charge >= 0.3 is 12.6 Å². The third kappa shape index (κ3) is 3.99. The van der Waals surface area contributed by atoms with Crippen molar-refractivity contribution < 1.29 is 23.4 Å². The zero-order valence-corrected chi connectivity index (χ0v) is 14.2. The molecule has 0 amide bonds. The minimum Gasteiger partial charge on any atom is -0.481 e. The number of benzene rings is 1. The number of nitrogens with zero attached hydrogens (tertiary/aromatic N) is 2. The van der Waals surface area contributed by atoms with E-state index in [0.717, 1.165) is 22.6 Å². The van der Waals surface area contributed by atoms with Crippen LogP contribution in [0.4, 0.5) is 8.78 Å². The van der Waals surface area contributed by atoms with Crippen LogP contribution in [0.5, 0.6) is 5.75 Å². The Hall–Kier alpha value is -2.96. The minimum atomic E-state index is -2.89. The zero-order valence-electron chi connectivity index (χ0n) is 14.2. The topological polar surface area (TPSA) is 63.8 Å². The maximum Gasteiger partial charge on any atom is 0.387 e. The number of aliphatic carboxylic acids is 1. The molecule has 2 aromatic heterocycles. The second-order valence-corrected chi connectivity index (χ2v) is 5.97. The number of hydrogen-bond donors (Lipinski definition) is 1. The van der Waals surface area contributed by atoms with Crippen LogP contribution < -0.4 is 4.74 Å². The molecule has 7 heteroatoms. The van der Waals surface area contributed by atoms with Crippen LogP contribution in [0, 0.1) is 6.92 Å². The molecule has 136 valence electrons. The number of carboxylic acid groups (broad SMARTS) is 1. The fraction of sp³-hybridized carbons (Fsp3) is 0.263. The summed E-state index contributed by atoms with van der Waals surface area (Å²) in [4.78, 5) is 15.3. The van der Waals surface area contributed by atoms with Crippen molar-refractivity contribution in [1.29, 1.82) is 0 Å². The highest BCUT2D eigenvalue weighted by Gasteiger charge is 2.14. The molecule has 0 radical (unpaired) electrons. The highest BCUT2D eigenvalue weighted by molar-refractivity contribution is 5.67. The van der Waals surface area contributed by atoms with Gasteiger partial charge in [0.05, 0.1) is 5.69 Å². The van der Waals surface area contributed by atoms with E-state index in [1.807, 2.05) is 29.7 Å². The van der Waals surface area contributed by atoms with E-state index < -0.39 is 12.6 Å². The Morgan fingerprint density at radius 2 is 2.04 bits per heavy atom. The highest BCUT2D eigenvalue weighted by Crippen LogP contribution is 2.25. The van der Waals surface area contributed by atoms with Crippen LogP contribution in [0.2, 0.25) is 0 Å². The SMILES string of the molecule is Cc1nc2ccc(CCC(=O)O)cn2c1Cc1ccccc1OC(F)F. The second kappa shape index (κ2) is 7.51. The molecule has 2 heterocycles. The van der Waals surface area contributed by atoms with Gasteiger partial charge in [0.1, 0.15) is 11.4 Å². The summed E-state index contributed by atoms with van der Waals surface area (Å²) in [6.07, 6.45) is 2.68. The number of halogens is 2. The molecule has 0 spiro atoms. The molecule has 0 aliphatic rings. The number of para-hydroxylation sites is 1. The fourth-order valence-electron chi connectivity index (χ4n) is 2.91. The maximum absolute atomic E-state index is 12.6. The van der Waals surface area contributed by atoms with E-state index in [9.17, 15) is 13.6 Å². The van der Waals surface area contributed by atoms with Crippen LogP contribution in [-0.2, 0) is 17.6 Å². The van der Waals surface area contributed by atoms with Crippen molar-refractivity contribution in [3.8, 4) is 5.75 Å². The van der Waals surface area contributed by atoms with E-state index in [4.69, 9.17) is 5.11 Å². The molecule has 0 bridgehead atoms. The average Bonchev–Trinajstić information content (AvgIpc) is 2.89. The van der Waals surface area contributed by atoms with Crippen molar-refractivity contribution in [1.82, 2.24) is 9.38 Å². The first-order valence-electron chi connectivity index (χ1n) is 8.15. The van der Waals surface area contributed by atoms with Gasteiger partial charge in [-0.25, -0.2) is 4.98 Å². The first-order chi connectivity index (χ1) is 12.4. The van der Waals surface area contributed by atoms with Gasteiger partial charge in [-0.1, -0.05) is 24.3 Å². The van der Waals surface area contributed by atoms with Gasteiger partial charge < -0.3 is 14.2 Å². The summed E-state index contributed by atoms with van der Waals surface area (Å²) >= 11 is 0. The quantitative estimate of drug-likeness (QED) is 0.695. The van der Waals surface area contributed by atoms with Crippen LogP contribution in [0.1, 0.15) is 28.9 Å². The lowest BCUT2D eigenvalue weighted by Gasteiger charge is -2.11. The average molecular weight is 360 g/mol. The smallest absolute Gasteiger partial charge is 0.387 e. The van der Waals surface area contributed by atoms with E-state index >= 15 is 0 Å². The molecular formula is C19H18F2N2O3. The minimum absolute atomic E-state index is 0.0413. The number of ether oxygens (including phenoxy) is 1. The normalized spacial score (nSPS) is 11.2. The Balaban J connectivity index is 1.96. The number of pyridine rings is 1. The predicted molar refractivity (Wildman–Crippen MR) is 91.8 cm³/mol. The molecule has 0 unspecified atom stereocenters. The van der Waals surface area contributed by atoms with Crippen molar-refractivity contribution in [3.05, 3.63) is 65.1 Å². The molecule has 0 atom stereocenters. The monoisotopic (exact) mass is 360 g/mol.